The Hall–Kier alpha value is -1.25. The summed E-state index contributed by atoms with van der Waals surface area (Å²) in [7, 11) is 1.52. The second-order valence-corrected chi connectivity index (χ2v) is 26.9. The standard InChI is InChI=1S/C69H137N2O7P/c1-7-10-13-16-19-22-25-28-30-31-32-33-34-35-36-37-38-39-40-41-42-43-46-49-52-55-58-61-68(72)70-66(65-77-79(74,75)76-64-63-71(4,5)6)67(60-57-54-51-48-45-27-24-21-18-15-12-9-3)78-69(73)62-59-56-53-50-47-44-29-26-23-20-17-14-11-8-2/h57,60,66-67H,7-56,58-59,61-65H2,1-6H3,(H-,70,72,74,75)/p+1/b60-57-. The number of likely N-dealkylation sites (N-methyl/N-ethyl adjacent to an activating group) is 1. The van der Waals surface area contributed by atoms with E-state index < -0.39 is 20.0 Å². The van der Waals surface area contributed by atoms with E-state index in [1.54, 1.807) is 0 Å². The predicted octanol–water partition coefficient (Wildman–Crippen LogP) is 21.9. The molecule has 0 spiro atoms. The molecule has 0 aromatic heterocycles. The van der Waals surface area contributed by atoms with Crippen molar-refractivity contribution in [1.82, 2.24) is 5.32 Å². The van der Waals surface area contributed by atoms with Gasteiger partial charge in [-0.3, -0.25) is 18.6 Å². The molecule has 3 unspecified atom stereocenters. The normalized spacial score (nSPS) is 13.6. The SMILES string of the molecule is CCCCCCCCCCCC/C=C\C(OC(=O)CCCCCCCCCCCCCCCC)C(COP(=O)(O)OCC[N+](C)(C)C)NC(=O)CCCCCCCCCCCCCCCCCCCCCCCCCCCCC. The summed E-state index contributed by atoms with van der Waals surface area (Å²) in [5.41, 5.74) is 0. The fraction of sp³-hybridized carbons (Fsp3) is 0.942. The summed E-state index contributed by atoms with van der Waals surface area (Å²) in [6.45, 7) is 7.08. The van der Waals surface area contributed by atoms with Crippen LogP contribution < -0.4 is 5.32 Å². The molecule has 0 rings (SSSR count). The van der Waals surface area contributed by atoms with Crippen molar-refractivity contribution in [2.45, 2.75) is 380 Å². The third-order valence-corrected chi connectivity index (χ3v) is 17.2. The predicted molar refractivity (Wildman–Crippen MR) is 342 cm³/mol. The molecular weight excluding hydrogens is 1000 g/mol. The lowest BCUT2D eigenvalue weighted by Gasteiger charge is -2.27. The molecule has 3 atom stereocenters. The number of ether oxygens (including phenoxy) is 1. The van der Waals surface area contributed by atoms with Gasteiger partial charge in [0.2, 0.25) is 5.91 Å². The first-order chi connectivity index (χ1) is 38.4. The van der Waals surface area contributed by atoms with Crippen LogP contribution >= 0.6 is 7.82 Å². The Bertz CT molecular complexity index is 1360. The van der Waals surface area contributed by atoms with Crippen LogP contribution in [0.3, 0.4) is 0 Å². The van der Waals surface area contributed by atoms with E-state index in [-0.39, 0.29) is 25.1 Å². The maximum Gasteiger partial charge on any atom is 0.472 e. The number of nitrogens with one attached hydrogen (secondary N) is 1. The van der Waals surface area contributed by atoms with Gasteiger partial charge < -0.3 is 19.4 Å². The number of rotatable bonds is 65. The average molecular weight is 1140 g/mol. The summed E-state index contributed by atoms with van der Waals surface area (Å²) in [5, 5.41) is 3.08. The van der Waals surface area contributed by atoms with E-state index >= 15 is 0 Å². The summed E-state index contributed by atoms with van der Waals surface area (Å²) in [6, 6.07) is -0.840. The van der Waals surface area contributed by atoms with Crippen LogP contribution in [0.2, 0.25) is 0 Å². The molecule has 0 fully saturated rings. The number of phosphoric acid groups is 1. The van der Waals surface area contributed by atoms with Crippen LogP contribution in [0.1, 0.15) is 367 Å². The van der Waals surface area contributed by atoms with E-state index in [9.17, 15) is 19.0 Å². The van der Waals surface area contributed by atoms with E-state index in [2.05, 4.69) is 26.1 Å². The first-order valence-corrected chi connectivity index (χ1v) is 36.5. The van der Waals surface area contributed by atoms with E-state index in [1.165, 1.54) is 276 Å². The van der Waals surface area contributed by atoms with Crippen LogP contribution in [0.4, 0.5) is 0 Å². The first kappa shape index (κ1) is 77.8. The molecule has 0 radical (unpaired) electrons. The topological polar surface area (TPSA) is 111 Å². The van der Waals surface area contributed by atoms with Crippen LogP contribution in [0, 0.1) is 0 Å². The van der Waals surface area contributed by atoms with Gasteiger partial charge in [-0.2, -0.15) is 0 Å². The van der Waals surface area contributed by atoms with Gasteiger partial charge in [0.1, 0.15) is 19.3 Å². The second-order valence-electron chi connectivity index (χ2n) is 25.4. The summed E-state index contributed by atoms with van der Waals surface area (Å²) >= 11 is 0. The van der Waals surface area contributed by atoms with Crippen LogP contribution in [0.5, 0.6) is 0 Å². The van der Waals surface area contributed by atoms with E-state index in [0.717, 1.165) is 57.8 Å². The highest BCUT2D eigenvalue weighted by molar-refractivity contribution is 7.47. The molecule has 0 aliphatic rings. The Morgan fingerprint density at radius 2 is 0.722 bits per heavy atom. The minimum absolute atomic E-state index is 0.0459. The van der Waals surface area contributed by atoms with E-state index in [4.69, 9.17) is 13.8 Å². The molecule has 0 aromatic carbocycles. The Morgan fingerprint density at radius 3 is 1.04 bits per heavy atom. The molecule has 0 heterocycles. The van der Waals surface area contributed by atoms with Crippen molar-refractivity contribution in [1.29, 1.82) is 0 Å². The minimum Gasteiger partial charge on any atom is -0.456 e. The van der Waals surface area contributed by atoms with Crippen molar-refractivity contribution in [3.8, 4) is 0 Å². The number of carbonyl (C=O) groups is 2. The fourth-order valence-corrected chi connectivity index (χ4v) is 11.6. The Labute approximate surface area is 492 Å². The number of quaternary nitrogens is 1. The van der Waals surface area contributed by atoms with Crippen LogP contribution in [0.25, 0.3) is 0 Å². The highest BCUT2D eigenvalue weighted by Crippen LogP contribution is 2.43. The van der Waals surface area contributed by atoms with E-state index in [0.29, 0.717) is 23.9 Å². The molecule has 9 nitrogen and oxygen atoms in total. The number of amides is 1. The quantitative estimate of drug-likeness (QED) is 0.0205. The molecule has 1 amide bonds. The molecule has 0 saturated carbocycles. The molecule has 470 valence electrons. The zero-order chi connectivity index (χ0) is 57.9. The molecule has 2 N–H and O–H groups in total. The monoisotopic (exact) mass is 1140 g/mol. The van der Waals surface area contributed by atoms with Crippen molar-refractivity contribution >= 4 is 19.7 Å². The molecule has 0 aliphatic heterocycles. The van der Waals surface area contributed by atoms with Crippen LogP contribution in [0.15, 0.2) is 12.2 Å². The van der Waals surface area contributed by atoms with Gasteiger partial charge in [0, 0.05) is 12.8 Å². The largest absolute Gasteiger partial charge is 0.472 e. The van der Waals surface area contributed by atoms with Crippen molar-refractivity contribution in [3.05, 3.63) is 12.2 Å². The van der Waals surface area contributed by atoms with Crippen molar-refractivity contribution in [3.63, 3.8) is 0 Å². The average Bonchev–Trinajstić information content (AvgIpc) is 3.41. The Kier molecular flexibility index (Phi) is 58.9. The minimum atomic E-state index is -4.44. The maximum absolute atomic E-state index is 13.6. The fourth-order valence-electron chi connectivity index (χ4n) is 10.8. The molecule has 10 heteroatoms. The molecule has 0 saturated heterocycles. The lowest BCUT2D eigenvalue weighted by atomic mass is 10.0. The second kappa shape index (κ2) is 59.9. The Balaban J connectivity index is 4.93. The van der Waals surface area contributed by atoms with Crippen molar-refractivity contribution in [2.75, 3.05) is 40.9 Å². The van der Waals surface area contributed by atoms with Gasteiger partial charge in [0.15, 0.2) is 0 Å². The zero-order valence-electron chi connectivity index (χ0n) is 53.9. The molecule has 79 heavy (non-hydrogen) atoms. The first-order valence-electron chi connectivity index (χ1n) is 35.0. The number of phosphoric ester groups is 1. The van der Waals surface area contributed by atoms with Gasteiger partial charge in [0.25, 0.3) is 0 Å². The van der Waals surface area contributed by atoms with Gasteiger partial charge in [-0.05, 0) is 31.8 Å². The van der Waals surface area contributed by atoms with Gasteiger partial charge >= 0.3 is 13.8 Å². The third-order valence-electron chi connectivity index (χ3n) is 16.2. The molecule has 0 aliphatic carbocycles. The molecule has 0 aromatic rings. The third kappa shape index (κ3) is 61.1. The van der Waals surface area contributed by atoms with Crippen LogP contribution in [-0.4, -0.2) is 74.3 Å². The number of esters is 1. The highest BCUT2D eigenvalue weighted by atomic mass is 31.2. The van der Waals surface area contributed by atoms with Crippen molar-refractivity contribution < 1.29 is 37.3 Å². The summed E-state index contributed by atoms with van der Waals surface area (Å²) < 4.78 is 30.8. The van der Waals surface area contributed by atoms with Gasteiger partial charge in [-0.25, -0.2) is 4.57 Å². The van der Waals surface area contributed by atoms with E-state index in [1.807, 2.05) is 33.3 Å². The molecular formula is C69H138N2O7P+. The highest BCUT2D eigenvalue weighted by Gasteiger charge is 2.30. The Morgan fingerprint density at radius 1 is 0.430 bits per heavy atom. The van der Waals surface area contributed by atoms with Gasteiger partial charge in [-0.1, -0.05) is 335 Å². The number of nitrogens with zero attached hydrogens (tertiary/aromatic N) is 1. The zero-order valence-corrected chi connectivity index (χ0v) is 54.8. The van der Waals surface area contributed by atoms with Crippen molar-refractivity contribution in [2.24, 2.45) is 0 Å². The van der Waals surface area contributed by atoms with Gasteiger partial charge in [-0.15, -0.1) is 0 Å². The van der Waals surface area contributed by atoms with Gasteiger partial charge in [0.05, 0.1) is 33.8 Å². The molecule has 0 bridgehead atoms. The number of unbranched alkanes of at least 4 members (excludes halogenated alkanes) is 49. The smallest absolute Gasteiger partial charge is 0.456 e. The summed E-state index contributed by atoms with van der Waals surface area (Å²) in [6.07, 6.45) is 70.9. The maximum atomic E-state index is 13.6. The number of hydrogen-bond donors (Lipinski definition) is 2. The summed E-state index contributed by atoms with van der Waals surface area (Å²) in [4.78, 5) is 37.8. The number of allylic oxidation sites excluding steroid dienone is 1. The number of hydrogen-bond acceptors (Lipinski definition) is 6. The lowest BCUT2D eigenvalue weighted by molar-refractivity contribution is -0.870. The lowest BCUT2D eigenvalue weighted by Crippen LogP contribution is -2.47. The summed E-state index contributed by atoms with van der Waals surface area (Å²) in [5.74, 6) is -0.480. The van der Waals surface area contributed by atoms with Crippen LogP contribution in [-0.2, 0) is 27.9 Å². The number of carbonyl (C=O) groups excluding carboxylic acids is 2.